The first-order valence-corrected chi connectivity index (χ1v) is 10.2. The molecular formula is C25H27N3. The summed E-state index contributed by atoms with van der Waals surface area (Å²) in [5, 5.41) is 9.86. The van der Waals surface area contributed by atoms with Crippen molar-refractivity contribution in [2.24, 2.45) is 0 Å². The Morgan fingerprint density at radius 1 is 0.821 bits per heavy atom. The molecule has 0 saturated heterocycles. The average Bonchev–Trinajstić information content (AvgIpc) is 3.17. The molecule has 142 valence electrons. The molecule has 0 fully saturated rings. The smallest absolute Gasteiger partial charge is 0.0886 e. The van der Waals surface area contributed by atoms with Crippen molar-refractivity contribution >= 4 is 10.8 Å². The molecule has 2 heterocycles. The van der Waals surface area contributed by atoms with Gasteiger partial charge in [-0.25, -0.2) is 0 Å². The fourth-order valence-electron chi connectivity index (χ4n) is 3.70. The summed E-state index contributed by atoms with van der Waals surface area (Å²) in [6, 6.07) is 19.8. The van der Waals surface area contributed by atoms with Gasteiger partial charge in [0.05, 0.1) is 17.1 Å². The number of hydrogen-bond donors (Lipinski definition) is 1. The Morgan fingerprint density at radius 3 is 2.46 bits per heavy atom. The van der Waals surface area contributed by atoms with Crippen LogP contribution in [0, 0.1) is 6.92 Å². The lowest BCUT2D eigenvalue weighted by molar-refractivity contribution is 0.667. The van der Waals surface area contributed by atoms with E-state index in [1.54, 1.807) is 0 Å². The second kappa shape index (κ2) is 8.39. The van der Waals surface area contributed by atoms with E-state index in [2.05, 4.69) is 70.6 Å². The highest BCUT2D eigenvalue weighted by Gasteiger charge is 2.06. The Bertz CT molecular complexity index is 1080. The summed E-state index contributed by atoms with van der Waals surface area (Å²) in [6.45, 7) is 4.24. The van der Waals surface area contributed by atoms with Crippen LogP contribution in [0.3, 0.4) is 0 Å². The summed E-state index contributed by atoms with van der Waals surface area (Å²) in [7, 11) is 0. The topological polar surface area (TPSA) is 41.6 Å². The van der Waals surface area contributed by atoms with Gasteiger partial charge in [0, 0.05) is 6.20 Å². The highest BCUT2D eigenvalue weighted by atomic mass is 15.1. The number of nitrogens with zero attached hydrogens (tertiary/aromatic N) is 2. The van der Waals surface area contributed by atoms with Crippen molar-refractivity contribution in [2.45, 2.75) is 46.0 Å². The van der Waals surface area contributed by atoms with Gasteiger partial charge < -0.3 is 0 Å². The molecule has 0 amide bonds. The van der Waals surface area contributed by atoms with Crippen molar-refractivity contribution in [1.29, 1.82) is 0 Å². The minimum absolute atomic E-state index is 0.917. The highest BCUT2D eigenvalue weighted by molar-refractivity contribution is 5.88. The van der Waals surface area contributed by atoms with Crippen molar-refractivity contribution in [3.63, 3.8) is 0 Å². The van der Waals surface area contributed by atoms with E-state index in [1.165, 1.54) is 59.6 Å². The minimum Gasteiger partial charge on any atom is -0.276 e. The van der Waals surface area contributed by atoms with E-state index >= 15 is 0 Å². The number of fused-ring (bicyclic) bond motifs is 1. The molecule has 0 aliphatic rings. The molecule has 28 heavy (non-hydrogen) atoms. The van der Waals surface area contributed by atoms with E-state index < -0.39 is 0 Å². The molecule has 0 aliphatic heterocycles. The van der Waals surface area contributed by atoms with Gasteiger partial charge in [0.2, 0.25) is 0 Å². The molecule has 4 rings (SSSR count). The molecule has 3 nitrogen and oxygen atoms in total. The van der Waals surface area contributed by atoms with E-state index in [9.17, 15) is 0 Å². The van der Waals surface area contributed by atoms with Crippen molar-refractivity contribution in [3.8, 4) is 22.5 Å². The maximum atomic E-state index is 4.49. The number of aromatic nitrogens is 3. The monoisotopic (exact) mass is 369 g/mol. The van der Waals surface area contributed by atoms with Crippen molar-refractivity contribution in [3.05, 3.63) is 72.1 Å². The van der Waals surface area contributed by atoms with Gasteiger partial charge in [-0.3, -0.25) is 10.1 Å². The molecule has 0 saturated carbocycles. The predicted octanol–water partition coefficient (Wildman–Crippen LogP) is 6.72. The van der Waals surface area contributed by atoms with E-state index in [-0.39, 0.29) is 0 Å². The Morgan fingerprint density at radius 2 is 1.64 bits per heavy atom. The lowest BCUT2D eigenvalue weighted by Crippen LogP contribution is -1.88. The summed E-state index contributed by atoms with van der Waals surface area (Å²) in [5.41, 5.74) is 6.66. The van der Waals surface area contributed by atoms with Gasteiger partial charge in [-0.2, -0.15) is 5.10 Å². The zero-order chi connectivity index (χ0) is 19.3. The van der Waals surface area contributed by atoms with E-state index in [0.29, 0.717) is 0 Å². The number of pyridine rings is 1. The lowest BCUT2D eigenvalue weighted by atomic mass is 9.98. The Balaban J connectivity index is 1.58. The van der Waals surface area contributed by atoms with Crippen LogP contribution >= 0.6 is 0 Å². The molecule has 2 aromatic carbocycles. The van der Waals surface area contributed by atoms with E-state index in [1.807, 2.05) is 19.2 Å². The first kappa shape index (κ1) is 18.4. The number of aryl methyl sites for hydroxylation is 2. The van der Waals surface area contributed by atoms with E-state index in [0.717, 1.165) is 17.1 Å². The van der Waals surface area contributed by atoms with Crippen LogP contribution < -0.4 is 0 Å². The van der Waals surface area contributed by atoms with Crippen LogP contribution in [0.15, 0.2) is 60.8 Å². The number of H-pyrrole nitrogens is 1. The van der Waals surface area contributed by atoms with Crippen LogP contribution in [-0.2, 0) is 6.42 Å². The quantitative estimate of drug-likeness (QED) is 0.367. The standard InChI is InChI=1S/C25H27N3/c1-3-4-5-6-7-19-8-9-21-16-22(11-10-20(21)15-19)23-12-13-26-24(17-23)25-14-18(2)27-28-25/h8-17H,3-7H2,1-2H3,(H,27,28). The number of benzene rings is 2. The van der Waals surface area contributed by atoms with Crippen molar-refractivity contribution < 1.29 is 0 Å². The molecule has 0 aliphatic carbocycles. The molecular weight excluding hydrogens is 342 g/mol. The number of hydrogen-bond acceptors (Lipinski definition) is 2. The average molecular weight is 370 g/mol. The van der Waals surface area contributed by atoms with Gasteiger partial charge in [0.1, 0.15) is 0 Å². The predicted molar refractivity (Wildman–Crippen MR) is 117 cm³/mol. The van der Waals surface area contributed by atoms with Gasteiger partial charge >= 0.3 is 0 Å². The summed E-state index contributed by atoms with van der Waals surface area (Å²) < 4.78 is 0. The van der Waals surface area contributed by atoms with Crippen LogP contribution in [0.5, 0.6) is 0 Å². The van der Waals surface area contributed by atoms with Crippen LogP contribution in [0.1, 0.15) is 43.9 Å². The molecule has 1 N–H and O–H groups in total. The zero-order valence-corrected chi connectivity index (χ0v) is 16.7. The minimum atomic E-state index is 0.917. The second-order valence-corrected chi connectivity index (χ2v) is 7.56. The number of rotatable bonds is 7. The summed E-state index contributed by atoms with van der Waals surface area (Å²) in [4.78, 5) is 4.49. The molecule has 0 radical (unpaired) electrons. The van der Waals surface area contributed by atoms with Crippen LogP contribution in [0.25, 0.3) is 33.3 Å². The molecule has 0 unspecified atom stereocenters. The first-order chi connectivity index (χ1) is 13.7. The molecule has 3 heteroatoms. The van der Waals surface area contributed by atoms with Gasteiger partial charge in [0.25, 0.3) is 0 Å². The third kappa shape index (κ3) is 4.14. The molecule has 0 atom stereocenters. The first-order valence-electron chi connectivity index (χ1n) is 10.2. The maximum Gasteiger partial charge on any atom is 0.0886 e. The van der Waals surface area contributed by atoms with Crippen LogP contribution in [-0.4, -0.2) is 15.2 Å². The summed E-state index contributed by atoms with van der Waals surface area (Å²) in [6.07, 6.45) is 8.28. The molecule has 4 aromatic rings. The van der Waals surface area contributed by atoms with Gasteiger partial charge in [-0.1, -0.05) is 56.5 Å². The number of unbranched alkanes of at least 4 members (excludes halogenated alkanes) is 3. The zero-order valence-electron chi connectivity index (χ0n) is 16.7. The third-order valence-electron chi connectivity index (χ3n) is 5.30. The fourth-order valence-corrected chi connectivity index (χ4v) is 3.70. The second-order valence-electron chi connectivity index (χ2n) is 7.56. The van der Waals surface area contributed by atoms with Crippen LogP contribution in [0.4, 0.5) is 0 Å². The molecule has 0 bridgehead atoms. The molecule has 2 aromatic heterocycles. The van der Waals surface area contributed by atoms with Crippen molar-refractivity contribution in [1.82, 2.24) is 15.2 Å². The summed E-state index contributed by atoms with van der Waals surface area (Å²) in [5.74, 6) is 0. The third-order valence-corrected chi connectivity index (χ3v) is 5.30. The maximum absolute atomic E-state index is 4.49. The Labute approximate surface area is 166 Å². The molecule has 0 spiro atoms. The number of aromatic amines is 1. The van der Waals surface area contributed by atoms with E-state index in [4.69, 9.17) is 0 Å². The summed E-state index contributed by atoms with van der Waals surface area (Å²) >= 11 is 0. The van der Waals surface area contributed by atoms with Crippen LogP contribution in [0.2, 0.25) is 0 Å². The van der Waals surface area contributed by atoms with Crippen molar-refractivity contribution in [2.75, 3.05) is 0 Å². The number of nitrogens with one attached hydrogen (secondary N) is 1. The van der Waals surface area contributed by atoms with Gasteiger partial charge in [-0.15, -0.1) is 0 Å². The largest absolute Gasteiger partial charge is 0.276 e. The normalized spacial score (nSPS) is 11.2. The fraction of sp³-hybridized carbons (Fsp3) is 0.280. The Hall–Kier alpha value is -2.94. The highest BCUT2D eigenvalue weighted by Crippen LogP contribution is 2.28. The lowest BCUT2D eigenvalue weighted by Gasteiger charge is -2.08. The van der Waals surface area contributed by atoms with Gasteiger partial charge in [-0.05, 0) is 71.5 Å². The SMILES string of the molecule is CCCCCCc1ccc2cc(-c3ccnc(-c4cc(C)n[nH]4)c3)ccc2c1. The Kier molecular flexibility index (Phi) is 5.52. The van der Waals surface area contributed by atoms with Gasteiger partial charge in [0.15, 0.2) is 0 Å².